The Morgan fingerprint density at radius 1 is 1.15 bits per heavy atom. The number of halogens is 2. The molecule has 4 aromatic rings. The van der Waals surface area contributed by atoms with Gasteiger partial charge >= 0.3 is 0 Å². The first kappa shape index (κ1) is 27.5. The molecule has 0 aliphatic carbocycles. The number of nitrogens with one attached hydrogen (secondary N) is 2. The molecule has 206 valence electrons. The second-order valence-corrected chi connectivity index (χ2v) is 10.0. The highest BCUT2D eigenvalue weighted by molar-refractivity contribution is 6.32. The highest BCUT2D eigenvalue weighted by Crippen LogP contribution is 2.29. The van der Waals surface area contributed by atoms with Crippen LogP contribution in [0.25, 0.3) is 23.0 Å². The van der Waals surface area contributed by atoms with Gasteiger partial charge in [-0.15, -0.1) is 5.10 Å². The molecule has 11 nitrogen and oxygen atoms in total. The zero-order chi connectivity index (χ0) is 28.1. The van der Waals surface area contributed by atoms with Gasteiger partial charge in [-0.2, -0.15) is 4.68 Å². The Morgan fingerprint density at radius 2 is 1.93 bits per heavy atom. The molecule has 0 spiro atoms. The molecular weight excluding hydrogens is 555 g/mol. The van der Waals surface area contributed by atoms with Crippen molar-refractivity contribution in [2.45, 2.75) is 19.4 Å². The number of hydrogen-bond acceptors (Lipinski definition) is 7. The van der Waals surface area contributed by atoms with Crippen LogP contribution in [-0.2, 0) is 14.3 Å². The summed E-state index contributed by atoms with van der Waals surface area (Å²) in [7, 11) is 0. The van der Waals surface area contributed by atoms with Crippen LogP contribution in [0.15, 0.2) is 54.9 Å². The van der Waals surface area contributed by atoms with Crippen LogP contribution < -0.4 is 5.32 Å². The van der Waals surface area contributed by atoms with E-state index in [2.05, 4.69) is 30.8 Å². The zero-order valence-corrected chi connectivity index (χ0v) is 23.1. The van der Waals surface area contributed by atoms with Crippen LogP contribution in [0.2, 0.25) is 10.2 Å². The molecule has 2 aromatic carbocycles. The van der Waals surface area contributed by atoms with Crippen molar-refractivity contribution >= 4 is 41.1 Å². The minimum atomic E-state index is -0.762. The number of H-pyrrole nitrogens is 1. The predicted octanol–water partition coefficient (Wildman–Crippen LogP) is 3.79. The fraction of sp³-hybridized carbons (Fsp3) is 0.259. The van der Waals surface area contributed by atoms with Gasteiger partial charge in [-0.25, -0.2) is 4.98 Å². The number of amides is 2. The molecule has 13 heteroatoms. The van der Waals surface area contributed by atoms with E-state index in [9.17, 15) is 9.59 Å². The third-order valence-corrected chi connectivity index (χ3v) is 6.90. The molecule has 1 aliphatic rings. The first-order valence-electron chi connectivity index (χ1n) is 12.6. The summed E-state index contributed by atoms with van der Waals surface area (Å²) in [6.07, 6.45) is 4.40. The Bertz CT molecular complexity index is 1510. The molecule has 0 bridgehead atoms. The minimum absolute atomic E-state index is 0.0101. The molecule has 5 rings (SSSR count). The number of aromatic nitrogens is 6. The number of rotatable bonds is 8. The summed E-state index contributed by atoms with van der Waals surface area (Å²) in [5, 5.41) is 14.9. The number of nitrogens with zero attached hydrogens (tertiary/aromatic N) is 6. The molecule has 3 heterocycles. The van der Waals surface area contributed by atoms with Crippen LogP contribution in [0, 0.1) is 6.92 Å². The van der Waals surface area contributed by atoms with Gasteiger partial charge in [0.15, 0.2) is 0 Å². The van der Waals surface area contributed by atoms with Crippen LogP contribution in [0.5, 0.6) is 0 Å². The van der Waals surface area contributed by atoms with Gasteiger partial charge in [-0.05, 0) is 41.6 Å². The number of tetrazole rings is 1. The number of ether oxygens (including phenoxy) is 1. The van der Waals surface area contributed by atoms with E-state index in [4.69, 9.17) is 27.9 Å². The molecule has 0 saturated carbocycles. The predicted molar refractivity (Wildman–Crippen MR) is 150 cm³/mol. The molecule has 1 aliphatic heterocycles. The van der Waals surface area contributed by atoms with Crippen LogP contribution in [-0.4, -0.2) is 73.2 Å². The van der Waals surface area contributed by atoms with Crippen molar-refractivity contribution in [3.05, 3.63) is 82.0 Å². The molecule has 1 fully saturated rings. The van der Waals surface area contributed by atoms with E-state index in [1.807, 2.05) is 31.2 Å². The third kappa shape index (κ3) is 6.56. The van der Waals surface area contributed by atoms with E-state index in [1.165, 1.54) is 17.1 Å². The molecular formula is C27H26Cl2N8O3. The summed E-state index contributed by atoms with van der Waals surface area (Å²) in [5.74, 6) is -0.189. The summed E-state index contributed by atoms with van der Waals surface area (Å²) in [4.78, 5) is 35.7. The normalized spacial score (nSPS) is 14.4. The topological polar surface area (TPSA) is 131 Å². The number of carbonyl (C=O) groups is 2. The summed E-state index contributed by atoms with van der Waals surface area (Å²) < 4.78 is 6.83. The Kier molecular flexibility index (Phi) is 8.54. The number of hydrogen-bond donors (Lipinski definition) is 2. The lowest BCUT2D eigenvalue weighted by atomic mass is 10.1. The summed E-state index contributed by atoms with van der Waals surface area (Å²) in [6, 6.07) is 12.2. The molecule has 2 amide bonds. The first-order chi connectivity index (χ1) is 19.4. The van der Waals surface area contributed by atoms with Crippen molar-refractivity contribution in [2.24, 2.45) is 0 Å². The van der Waals surface area contributed by atoms with Gasteiger partial charge in [-0.1, -0.05) is 53.0 Å². The van der Waals surface area contributed by atoms with Crippen LogP contribution in [0.3, 0.4) is 0 Å². The molecule has 2 N–H and O–H groups in total. The van der Waals surface area contributed by atoms with Crippen molar-refractivity contribution < 1.29 is 14.3 Å². The van der Waals surface area contributed by atoms with Gasteiger partial charge < -0.3 is 19.9 Å². The molecule has 1 atom stereocenters. The standard InChI is InChI=1S/C27H26Cl2N8O3/c1-17-2-4-18(5-3-17)25-26(29)33-27(32-25)21(15-24(39)36-10-12-40-13-11-36)31-23(38)9-6-19-14-20(28)7-8-22(19)37-16-30-34-35-37/h2-9,14,16,21H,10-13,15H2,1H3,(H,31,38)(H,32,33)/b9-6+/t21-/m0/s1. The van der Waals surface area contributed by atoms with Crippen LogP contribution >= 0.6 is 23.2 Å². The number of carbonyl (C=O) groups excluding carboxylic acids is 2. The average Bonchev–Trinajstić information content (AvgIpc) is 3.63. The quantitative estimate of drug-likeness (QED) is 0.303. The van der Waals surface area contributed by atoms with E-state index in [0.717, 1.165) is 11.1 Å². The minimum Gasteiger partial charge on any atom is -0.378 e. The van der Waals surface area contributed by atoms with Crippen LogP contribution in [0.4, 0.5) is 0 Å². The monoisotopic (exact) mass is 580 g/mol. The van der Waals surface area contributed by atoms with Gasteiger partial charge in [0.05, 0.1) is 31.4 Å². The smallest absolute Gasteiger partial charge is 0.244 e. The molecule has 40 heavy (non-hydrogen) atoms. The lowest BCUT2D eigenvalue weighted by Gasteiger charge is -2.28. The summed E-state index contributed by atoms with van der Waals surface area (Å²) in [6.45, 7) is 3.91. The van der Waals surface area contributed by atoms with Crippen molar-refractivity contribution in [2.75, 3.05) is 26.3 Å². The third-order valence-electron chi connectivity index (χ3n) is 6.39. The van der Waals surface area contributed by atoms with Gasteiger partial charge in [0, 0.05) is 35.3 Å². The van der Waals surface area contributed by atoms with Crippen molar-refractivity contribution in [1.82, 2.24) is 40.4 Å². The van der Waals surface area contributed by atoms with Crippen molar-refractivity contribution in [1.29, 1.82) is 0 Å². The Morgan fingerprint density at radius 3 is 2.65 bits per heavy atom. The van der Waals surface area contributed by atoms with Gasteiger partial charge in [0.1, 0.15) is 23.0 Å². The zero-order valence-electron chi connectivity index (χ0n) is 21.6. The highest BCUT2D eigenvalue weighted by atomic mass is 35.5. The first-order valence-corrected chi connectivity index (χ1v) is 13.3. The number of imidazole rings is 1. The van der Waals surface area contributed by atoms with E-state index >= 15 is 0 Å². The Labute approximate surface area is 240 Å². The lowest BCUT2D eigenvalue weighted by molar-refractivity contribution is -0.136. The summed E-state index contributed by atoms with van der Waals surface area (Å²) in [5.41, 5.74) is 3.72. The second-order valence-electron chi connectivity index (χ2n) is 9.20. The van der Waals surface area contributed by atoms with Crippen LogP contribution in [0.1, 0.15) is 29.4 Å². The van der Waals surface area contributed by atoms with E-state index in [-0.39, 0.29) is 12.3 Å². The van der Waals surface area contributed by atoms with E-state index in [0.29, 0.717) is 59.2 Å². The molecule has 0 unspecified atom stereocenters. The second kappa shape index (κ2) is 12.4. The van der Waals surface area contributed by atoms with E-state index in [1.54, 1.807) is 29.2 Å². The highest BCUT2D eigenvalue weighted by Gasteiger charge is 2.26. The fourth-order valence-electron chi connectivity index (χ4n) is 4.29. The maximum absolute atomic E-state index is 13.1. The Hall–Kier alpha value is -4.06. The Balaban J connectivity index is 1.40. The van der Waals surface area contributed by atoms with Gasteiger partial charge in [-0.3, -0.25) is 9.59 Å². The molecule has 0 radical (unpaired) electrons. The number of aryl methyl sites for hydroxylation is 1. The fourth-order valence-corrected chi connectivity index (χ4v) is 4.72. The SMILES string of the molecule is Cc1ccc(-c2nc([C@H](CC(=O)N3CCOCC3)NC(=O)/C=C/c3cc(Cl)ccc3-n3cnnn3)[nH]c2Cl)cc1. The van der Waals surface area contributed by atoms with Gasteiger partial charge in [0.25, 0.3) is 0 Å². The maximum atomic E-state index is 13.1. The maximum Gasteiger partial charge on any atom is 0.244 e. The van der Waals surface area contributed by atoms with Crippen molar-refractivity contribution in [3.63, 3.8) is 0 Å². The van der Waals surface area contributed by atoms with Crippen molar-refractivity contribution in [3.8, 4) is 16.9 Å². The number of morpholine rings is 1. The molecule has 1 saturated heterocycles. The van der Waals surface area contributed by atoms with Gasteiger partial charge in [0.2, 0.25) is 11.8 Å². The average molecular weight is 581 g/mol. The lowest BCUT2D eigenvalue weighted by Crippen LogP contribution is -2.42. The summed E-state index contributed by atoms with van der Waals surface area (Å²) >= 11 is 12.7. The largest absolute Gasteiger partial charge is 0.378 e. The number of benzene rings is 2. The number of aromatic amines is 1. The van der Waals surface area contributed by atoms with E-state index < -0.39 is 11.9 Å². The molecule has 2 aromatic heterocycles.